The van der Waals surface area contributed by atoms with E-state index in [-0.39, 0.29) is 23.9 Å². The number of phenolic OH excluding ortho intramolecular Hbond substituents is 1. The molecule has 2 aliphatic rings. The van der Waals surface area contributed by atoms with Gasteiger partial charge in [-0.25, -0.2) is 18.0 Å². The van der Waals surface area contributed by atoms with Gasteiger partial charge in [0.2, 0.25) is 0 Å². The Labute approximate surface area is 189 Å². The molecule has 0 bridgehead atoms. The number of allylic oxidation sites excluding steroid dienone is 4. The largest absolute Gasteiger partial charge is 0.508 e. The summed E-state index contributed by atoms with van der Waals surface area (Å²) < 4.78 is 45.7. The van der Waals surface area contributed by atoms with Gasteiger partial charge < -0.3 is 15.2 Å². The first kappa shape index (κ1) is 23.2. The summed E-state index contributed by atoms with van der Waals surface area (Å²) in [7, 11) is 0. The fourth-order valence-corrected chi connectivity index (χ4v) is 5.00. The van der Waals surface area contributed by atoms with E-state index < -0.39 is 35.6 Å². The predicted octanol–water partition coefficient (Wildman–Crippen LogP) is 5.30. The SMILES string of the molecule is C[C@@H]1Cc2c([nH]c3ccc(O)cc23)[C@@H](C2C(F)=CC(/C=C/C(=O)O)=CC2F)N1CC(C)(C)F. The number of hydrogen-bond donors (Lipinski definition) is 3. The second-order valence-electron chi connectivity index (χ2n) is 9.47. The van der Waals surface area contributed by atoms with E-state index in [0.717, 1.165) is 34.7 Å². The lowest BCUT2D eigenvalue weighted by atomic mass is 9.79. The van der Waals surface area contributed by atoms with Crippen molar-refractivity contribution in [2.24, 2.45) is 5.92 Å². The van der Waals surface area contributed by atoms with Crippen LogP contribution in [0, 0.1) is 5.92 Å². The minimum Gasteiger partial charge on any atom is -0.508 e. The number of carboxylic acid groups (broad SMARTS) is 1. The Morgan fingerprint density at radius 1 is 1.36 bits per heavy atom. The number of fused-ring (bicyclic) bond motifs is 3. The molecule has 2 heterocycles. The summed E-state index contributed by atoms with van der Waals surface area (Å²) in [6, 6.07) is 3.84. The number of rotatable bonds is 5. The molecule has 176 valence electrons. The maximum atomic E-state index is 15.5. The zero-order valence-corrected chi connectivity index (χ0v) is 18.6. The molecule has 0 spiro atoms. The van der Waals surface area contributed by atoms with E-state index in [0.29, 0.717) is 12.1 Å². The molecule has 5 nitrogen and oxygen atoms in total. The van der Waals surface area contributed by atoms with Crippen LogP contribution in [-0.2, 0) is 11.2 Å². The molecule has 3 N–H and O–H groups in total. The third-order valence-electron chi connectivity index (χ3n) is 6.28. The van der Waals surface area contributed by atoms with Gasteiger partial charge in [-0.3, -0.25) is 4.90 Å². The van der Waals surface area contributed by atoms with Crippen LogP contribution in [0.4, 0.5) is 13.2 Å². The number of halogens is 3. The van der Waals surface area contributed by atoms with Gasteiger partial charge in [0.1, 0.15) is 23.4 Å². The minimum absolute atomic E-state index is 0.0229. The number of aromatic nitrogens is 1. The number of aromatic hydroxyl groups is 1. The predicted molar refractivity (Wildman–Crippen MR) is 120 cm³/mol. The lowest BCUT2D eigenvalue weighted by Gasteiger charge is -2.46. The molecule has 33 heavy (non-hydrogen) atoms. The van der Waals surface area contributed by atoms with Crippen molar-refractivity contribution in [2.75, 3.05) is 6.54 Å². The van der Waals surface area contributed by atoms with Crippen LogP contribution in [0.1, 0.15) is 38.1 Å². The number of alkyl halides is 2. The van der Waals surface area contributed by atoms with Crippen molar-refractivity contribution < 1.29 is 28.2 Å². The number of nitrogens with one attached hydrogen (secondary N) is 1. The molecule has 1 aliphatic heterocycles. The van der Waals surface area contributed by atoms with Gasteiger partial charge in [-0.2, -0.15) is 0 Å². The molecular weight excluding hydrogens is 433 g/mol. The van der Waals surface area contributed by atoms with Gasteiger partial charge in [0.25, 0.3) is 0 Å². The zero-order valence-electron chi connectivity index (χ0n) is 18.6. The van der Waals surface area contributed by atoms with Gasteiger partial charge in [0, 0.05) is 35.3 Å². The van der Waals surface area contributed by atoms with Crippen molar-refractivity contribution >= 4 is 16.9 Å². The lowest BCUT2D eigenvalue weighted by molar-refractivity contribution is -0.131. The molecule has 0 saturated heterocycles. The van der Waals surface area contributed by atoms with Crippen LogP contribution in [0.15, 0.2) is 53.9 Å². The number of aromatic amines is 1. The number of phenols is 1. The molecule has 0 fully saturated rings. The molecule has 4 rings (SSSR count). The monoisotopic (exact) mass is 460 g/mol. The van der Waals surface area contributed by atoms with Crippen LogP contribution in [0.5, 0.6) is 5.75 Å². The van der Waals surface area contributed by atoms with Crippen LogP contribution in [0.2, 0.25) is 0 Å². The molecule has 2 unspecified atom stereocenters. The third kappa shape index (κ3) is 4.57. The molecular formula is C25H27F3N2O3. The Balaban J connectivity index is 1.84. The van der Waals surface area contributed by atoms with Gasteiger partial charge >= 0.3 is 5.97 Å². The Morgan fingerprint density at radius 3 is 2.73 bits per heavy atom. The second-order valence-corrected chi connectivity index (χ2v) is 9.47. The van der Waals surface area contributed by atoms with Gasteiger partial charge in [-0.15, -0.1) is 0 Å². The van der Waals surface area contributed by atoms with E-state index in [1.165, 1.54) is 26.0 Å². The van der Waals surface area contributed by atoms with Crippen molar-refractivity contribution in [2.45, 2.75) is 51.1 Å². The second kappa shape index (κ2) is 8.41. The molecule has 1 aromatic carbocycles. The highest BCUT2D eigenvalue weighted by atomic mass is 19.1. The molecule has 1 aromatic heterocycles. The maximum absolute atomic E-state index is 15.5. The first-order valence-electron chi connectivity index (χ1n) is 10.9. The van der Waals surface area contributed by atoms with Crippen LogP contribution in [0.3, 0.4) is 0 Å². The molecule has 2 aromatic rings. The van der Waals surface area contributed by atoms with Crippen molar-refractivity contribution in [1.82, 2.24) is 9.88 Å². The summed E-state index contributed by atoms with van der Waals surface area (Å²) in [5.74, 6) is -3.10. The summed E-state index contributed by atoms with van der Waals surface area (Å²) in [6.45, 7) is 4.75. The van der Waals surface area contributed by atoms with E-state index in [9.17, 15) is 14.3 Å². The highest BCUT2D eigenvalue weighted by molar-refractivity contribution is 5.86. The normalized spacial score (nSPS) is 26.4. The van der Waals surface area contributed by atoms with Gasteiger partial charge in [0.15, 0.2) is 0 Å². The van der Waals surface area contributed by atoms with Crippen molar-refractivity contribution in [1.29, 1.82) is 0 Å². The average molecular weight is 460 g/mol. The van der Waals surface area contributed by atoms with E-state index >= 15 is 8.78 Å². The number of aliphatic carboxylic acids is 1. The van der Waals surface area contributed by atoms with E-state index in [1.54, 1.807) is 17.0 Å². The number of carboxylic acids is 1. The van der Waals surface area contributed by atoms with E-state index in [1.807, 2.05) is 6.92 Å². The standard InChI is InChI=1S/C25H27F3N2O3/c1-13-8-17-16-11-15(31)5-6-20(16)29-23(17)24(30(13)12-25(2,3)28)22-18(26)9-14(10-19(22)27)4-7-21(32)33/h4-7,9-11,13,18,22,24,29,31H,8,12H2,1-3H3,(H,32,33)/b7-4+/t13-,18?,22?,24-/m1/s1. The topological polar surface area (TPSA) is 76.6 Å². The summed E-state index contributed by atoms with van der Waals surface area (Å²) >= 11 is 0. The number of H-pyrrole nitrogens is 1. The number of nitrogens with zero attached hydrogens (tertiary/aromatic N) is 1. The first-order chi connectivity index (χ1) is 15.4. The van der Waals surface area contributed by atoms with Crippen LogP contribution in [0.25, 0.3) is 10.9 Å². The van der Waals surface area contributed by atoms with Gasteiger partial charge in [-0.05, 0) is 74.8 Å². The molecule has 4 atom stereocenters. The number of carbonyl (C=O) groups is 1. The van der Waals surface area contributed by atoms with Crippen LogP contribution in [-0.4, -0.2) is 50.5 Å². The molecule has 8 heteroatoms. The third-order valence-corrected chi connectivity index (χ3v) is 6.28. The highest BCUT2D eigenvalue weighted by Gasteiger charge is 2.46. The van der Waals surface area contributed by atoms with Crippen molar-refractivity contribution in [3.05, 3.63) is 65.2 Å². The minimum atomic E-state index is -1.75. The lowest BCUT2D eigenvalue weighted by Crippen LogP contribution is -2.51. The molecule has 1 aliphatic carbocycles. The van der Waals surface area contributed by atoms with Crippen molar-refractivity contribution in [3.63, 3.8) is 0 Å². The Bertz CT molecular complexity index is 1180. The van der Waals surface area contributed by atoms with Crippen LogP contribution >= 0.6 is 0 Å². The first-order valence-corrected chi connectivity index (χ1v) is 10.9. The molecule has 0 amide bonds. The Morgan fingerprint density at radius 2 is 2.09 bits per heavy atom. The Hall–Kier alpha value is -3.00. The molecule has 0 saturated carbocycles. The summed E-state index contributed by atoms with van der Waals surface area (Å²) in [5.41, 5.74) is 0.716. The fraction of sp³-hybridized carbons (Fsp3) is 0.400. The Kier molecular flexibility index (Phi) is 5.90. The number of hydrogen-bond acceptors (Lipinski definition) is 3. The highest BCUT2D eigenvalue weighted by Crippen LogP contribution is 2.47. The zero-order chi connectivity index (χ0) is 24.1. The summed E-state index contributed by atoms with van der Waals surface area (Å²) in [5, 5.41) is 19.6. The van der Waals surface area contributed by atoms with E-state index in [2.05, 4.69) is 4.98 Å². The maximum Gasteiger partial charge on any atom is 0.328 e. The summed E-state index contributed by atoms with van der Waals surface area (Å²) in [4.78, 5) is 15.9. The van der Waals surface area contributed by atoms with Gasteiger partial charge in [-0.1, -0.05) is 0 Å². The van der Waals surface area contributed by atoms with E-state index in [4.69, 9.17) is 5.11 Å². The van der Waals surface area contributed by atoms with Gasteiger partial charge in [0.05, 0.1) is 12.0 Å². The number of benzene rings is 1. The van der Waals surface area contributed by atoms with Crippen molar-refractivity contribution in [3.8, 4) is 5.75 Å². The van der Waals surface area contributed by atoms with Crippen LogP contribution < -0.4 is 0 Å². The quantitative estimate of drug-likeness (QED) is 0.530. The molecule has 0 radical (unpaired) electrons. The smallest absolute Gasteiger partial charge is 0.328 e. The average Bonchev–Trinajstić information content (AvgIpc) is 3.04. The fourth-order valence-electron chi connectivity index (χ4n) is 5.00. The summed E-state index contributed by atoms with van der Waals surface area (Å²) in [6.07, 6.45) is 3.07.